The first-order chi connectivity index (χ1) is 13.1. The first kappa shape index (κ1) is 18.0. The summed E-state index contributed by atoms with van der Waals surface area (Å²) in [5.41, 5.74) is 0.872. The van der Waals surface area contributed by atoms with Gasteiger partial charge in [0.05, 0.1) is 0 Å². The predicted octanol–water partition coefficient (Wildman–Crippen LogP) is 5.17. The number of rotatable bonds is 5. The SMILES string of the molecule is Cc1cc(CP(Cl)(c2ccccc2)(c2ccccc2)c2ccccc2)no1. The molecule has 0 atom stereocenters. The summed E-state index contributed by atoms with van der Waals surface area (Å²) < 4.78 is 5.38. The van der Waals surface area contributed by atoms with E-state index in [1.807, 2.05) is 31.2 Å². The van der Waals surface area contributed by atoms with Crippen LogP contribution in [-0.4, -0.2) is 5.16 Å². The molecule has 0 saturated carbocycles. The zero-order chi connectivity index (χ0) is 18.8. The normalized spacial score (nSPS) is 13.0. The van der Waals surface area contributed by atoms with Gasteiger partial charge in [-0.15, -0.1) is 0 Å². The summed E-state index contributed by atoms with van der Waals surface area (Å²) >= 11 is 7.97. The summed E-state index contributed by atoms with van der Waals surface area (Å²) in [4.78, 5) is 0. The molecule has 0 radical (unpaired) electrons. The van der Waals surface area contributed by atoms with Gasteiger partial charge >= 0.3 is 164 Å². The zero-order valence-electron chi connectivity index (χ0n) is 15.1. The molecule has 0 saturated heterocycles. The number of nitrogens with zero attached hydrogens (tertiary/aromatic N) is 1. The van der Waals surface area contributed by atoms with Crippen molar-refractivity contribution in [1.82, 2.24) is 5.16 Å². The minimum absolute atomic E-state index is 0.600. The third kappa shape index (κ3) is 3.00. The molecule has 136 valence electrons. The number of halogens is 1. The summed E-state index contributed by atoms with van der Waals surface area (Å²) in [7, 11) is 0. The van der Waals surface area contributed by atoms with E-state index in [4.69, 9.17) is 15.8 Å². The van der Waals surface area contributed by atoms with Gasteiger partial charge in [-0.3, -0.25) is 0 Å². The van der Waals surface area contributed by atoms with Gasteiger partial charge in [-0.25, -0.2) is 0 Å². The first-order valence-corrected chi connectivity index (χ1v) is 12.3. The van der Waals surface area contributed by atoms with Crippen LogP contribution >= 0.6 is 17.2 Å². The Kier molecular flexibility index (Phi) is 4.63. The molecule has 0 aliphatic rings. The molecule has 2 nitrogen and oxygen atoms in total. The van der Waals surface area contributed by atoms with E-state index >= 15 is 0 Å². The van der Waals surface area contributed by atoms with Gasteiger partial charge in [-0.2, -0.15) is 0 Å². The Labute approximate surface area is 164 Å². The second-order valence-corrected chi connectivity index (χ2v) is 13.2. The van der Waals surface area contributed by atoms with E-state index in [-0.39, 0.29) is 0 Å². The van der Waals surface area contributed by atoms with Crippen LogP contribution in [-0.2, 0) is 6.16 Å². The van der Waals surface area contributed by atoms with Gasteiger partial charge in [0.25, 0.3) is 0 Å². The third-order valence-corrected chi connectivity index (χ3v) is 12.2. The van der Waals surface area contributed by atoms with Crippen LogP contribution in [0, 0.1) is 6.92 Å². The molecule has 4 heteroatoms. The average molecular weight is 394 g/mol. The Hall–Kier alpha value is -2.41. The summed E-state index contributed by atoms with van der Waals surface area (Å²) in [6, 6.07) is 33.2. The summed E-state index contributed by atoms with van der Waals surface area (Å²) in [6.07, 6.45) is 0.600. The Bertz CT molecular complexity index is 932. The molecule has 0 bridgehead atoms. The molecular formula is C23H21ClNOP. The summed E-state index contributed by atoms with van der Waals surface area (Å²) in [5, 5.41) is 7.68. The number of hydrogen-bond acceptors (Lipinski definition) is 2. The molecule has 27 heavy (non-hydrogen) atoms. The van der Waals surface area contributed by atoms with E-state index < -0.39 is 5.96 Å². The molecule has 3 aromatic carbocycles. The fraction of sp³-hybridized carbons (Fsp3) is 0.0870. The van der Waals surface area contributed by atoms with Crippen molar-refractivity contribution in [2.75, 3.05) is 0 Å². The van der Waals surface area contributed by atoms with Crippen LogP contribution in [0.2, 0.25) is 0 Å². The summed E-state index contributed by atoms with van der Waals surface area (Å²) in [6.45, 7) is 1.91. The zero-order valence-corrected chi connectivity index (χ0v) is 16.8. The van der Waals surface area contributed by atoms with Crippen molar-refractivity contribution in [2.45, 2.75) is 13.1 Å². The fourth-order valence-electron chi connectivity index (χ4n) is 3.73. The van der Waals surface area contributed by atoms with Crippen molar-refractivity contribution < 1.29 is 4.52 Å². The Morgan fingerprint density at radius 3 is 1.48 bits per heavy atom. The maximum absolute atomic E-state index is 7.97. The molecule has 0 N–H and O–H groups in total. The average Bonchev–Trinajstić information content (AvgIpc) is 3.14. The molecule has 1 heterocycles. The maximum atomic E-state index is 7.97. The predicted molar refractivity (Wildman–Crippen MR) is 116 cm³/mol. The first-order valence-electron chi connectivity index (χ1n) is 8.93. The third-order valence-electron chi connectivity index (χ3n) is 5.02. The van der Waals surface area contributed by atoms with Crippen molar-refractivity contribution in [2.24, 2.45) is 0 Å². The Morgan fingerprint density at radius 2 is 1.15 bits per heavy atom. The number of aromatic nitrogens is 1. The second-order valence-electron chi connectivity index (χ2n) is 6.78. The monoisotopic (exact) mass is 393 g/mol. The van der Waals surface area contributed by atoms with Gasteiger partial charge in [-0.1, -0.05) is 0 Å². The van der Waals surface area contributed by atoms with Gasteiger partial charge in [0.15, 0.2) is 0 Å². The van der Waals surface area contributed by atoms with E-state index in [2.05, 4.69) is 78.0 Å². The summed E-state index contributed by atoms with van der Waals surface area (Å²) in [5.74, 6) is -2.52. The molecule has 0 aliphatic carbocycles. The van der Waals surface area contributed by atoms with Gasteiger partial charge in [0.2, 0.25) is 0 Å². The van der Waals surface area contributed by atoms with Crippen LogP contribution in [0.25, 0.3) is 0 Å². The van der Waals surface area contributed by atoms with Crippen LogP contribution in [0.1, 0.15) is 11.5 Å². The molecule has 0 amide bonds. The minimum atomic E-state index is -3.32. The molecule has 1 aromatic heterocycles. The quantitative estimate of drug-likeness (QED) is 0.437. The van der Waals surface area contributed by atoms with Crippen molar-refractivity contribution in [1.29, 1.82) is 0 Å². The van der Waals surface area contributed by atoms with Gasteiger partial charge in [0, 0.05) is 0 Å². The number of benzene rings is 3. The number of aryl methyl sites for hydroxylation is 1. The van der Waals surface area contributed by atoms with Crippen molar-refractivity contribution in [3.05, 3.63) is 109 Å². The van der Waals surface area contributed by atoms with Gasteiger partial charge in [0.1, 0.15) is 0 Å². The van der Waals surface area contributed by atoms with E-state index in [9.17, 15) is 0 Å². The molecule has 4 rings (SSSR count). The van der Waals surface area contributed by atoms with Crippen LogP contribution in [0.3, 0.4) is 0 Å². The molecule has 0 aliphatic heterocycles. The number of hydrogen-bond donors (Lipinski definition) is 0. The van der Waals surface area contributed by atoms with Crippen LogP contribution in [0.15, 0.2) is 102 Å². The molecule has 0 spiro atoms. The van der Waals surface area contributed by atoms with E-state index in [1.165, 1.54) is 0 Å². The molecular weight excluding hydrogens is 373 g/mol. The van der Waals surface area contributed by atoms with E-state index in [1.54, 1.807) is 0 Å². The van der Waals surface area contributed by atoms with Crippen LogP contribution in [0.5, 0.6) is 0 Å². The van der Waals surface area contributed by atoms with Gasteiger partial charge in [-0.05, 0) is 0 Å². The molecule has 0 fully saturated rings. The Balaban J connectivity index is 2.09. The van der Waals surface area contributed by atoms with Crippen molar-refractivity contribution >= 4 is 33.1 Å². The topological polar surface area (TPSA) is 26.0 Å². The molecule has 4 aromatic rings. The van der Waals surface area contributed by atoms with Crippen molar-refractivity contribution in [3.63, 3.8) is 0 Å². The Morgan fingerprint density at radius 1 is 0.741 bits per heavy atom. The second kappa shape index (κ2) is 6.96. The van der Waals surface area contributed by atoms with Crippen LogP contribution < -0.4 is 15.9 Å². The van der Waals surface area contributed by atoms with E-state index in [0.717, 1.165) is 27.4 Å². The molecule has 0 unspecified atom stereocenters. The van der Waals surface area contributed by atoms with Crippen molar-refractivity contribution in [3.8, 4) is 0 Å². The van der Waals surface area contributed by atoms with Gasteiger partial charge < -0.3 is 0 Å². The standard InChI is InChI=1S/C23H21ClNOP/c1-19-17-20(25-26-19)18-27(24,21-11-5-2-6-12-21,22-13-7-3-8-14-22)23-15-9-4-10-16-23/h2-17H,18H2,1H3. The van der Waals surface area contributed by atoms with Crippen LogP contribution in [0.4, 0.5) is 0 Å². The van der Waals surface area contributed by atoms with E-state index in [0.29, 0.717) is 6.16 Å². The fourth-order valence-corrected chi connectivity index (χ4v) is 9.70.